The first kappa shape index (κ1) is 35.3. The Bertz CT molecular complexity index is 1730. The van der Waals surface area contributed by atoms with Gasteiger partial charge in [0.05, 0.1) is 0 Å². The summed E-state index contributed by atoms with van der Waals surface area (Å²) in [6, 6.07) is 37.5. The van der Waals surface area contributed by atoms with E-state index in [0.717, 1.165) is 9.52 Å². The van der Waals surface area contributed by atoms with E-state index in [-0.39, 0.29) is 0 Å². The van der Waals surface area contributed by atoms with Gasteiger partial charge in [-0.05, 0) is 42.0 Å². The van der Waals surface area contributed by atoms with Crippen molar-refractivity contribution in [1.29, 1.82) is 0 Å². The Morgan fingerprint density at radius 3 is 1.93 bits per heavy atom. The summed E-state index contributed by atoms with van der Waals surface area (Å²) in [5, 5.41) is 5.48. The summed E-state index contributed by atoms with van der Waals surface area (Å²) in [6.07, 6.45) is 0. The molecule has 6 rings (SSSR count). The maximum absolute atomic E-state index is 4.93. The number of halogens is 2. The minimum absolute atomic E-state index is 0.578. The molecule has 0 saturated heterocycles. The summed E-state index contributed by atoms with van der Waals surface area (Å²) >= 11 is -0.826. The summed E-state index contributed by atoms with van der Waals surface area (Å²) in [5.41, 5.74) is 12.2. The van der Waals surface area contributed by atoms with Gasteiger partial charge < -0.3 is 0 Å². The molecule has 4 heteroatoms. The first-order valence-corrected chi connectivity index (χ1v) is 23.0. The fraction of sp³-hybridized carbons (Fsp3) is 0.231. The van der Waals surface area contributed by atoms with Crippen LogP contribution >= 0.6 is 17.0 Å². The van der Waals surface area contributed by atoms with Crippen molar-refractivity contribution in [2.45, 2.75) is 60.6 Å². The molecular formula is C39H42Cl2SiZr. The molecule has 0 saturated carbocycles. The van der Waals surface area contributed by atoms with Gasteiger partial charge >= 0.3 is 37.9 Å². The maximum atomic E-state index is 4.93. The SMILES string of the molecule is C[Si]C.Cc1cc2c(-c3ccccc3)ccc(C)c2[cH-]1.Cc1cccc(-c2cccc3[cH-]c(C(C)C)cc23)c1C.[Cl][Zr+2][Cl]. The molecule has 0 spiro atoms. The third kappa shape index (κ3) is 9.15. The van der Waals surface area contributed by atoms with Crippen LogP contribution in [0.4, 0.5) is 0 Å². The molecule has 0 aromatic heterocycles. The number of rotatable bonds is 3. The Balaban J connectivity index is 0.000000201. The van der Waals surface area contributed by atoms with Gasteiger partial charge in [-0.2, -0.15) is 12.1 Å². The van der Waals surface area contributed by atoms with Crippen molar-refractivity contribution in [2.24, 2.45) is 0 Å². The number of hydrogen-bond donors (Lipinski definition) is 0. The van der Waals surface area contributed by atoms with Crippen LogP contribution in [0.2, 0.25) is 13.1 Å². The summed E-state index contributed by atoms with van der Waals surface area (Å²) in [7, 11) is 11.0. The minimum atomic E-state index is -0.826. The monoisotopic (exact) mass is 698 g/mol. The van der Waals surface area contributed by atoms with E-state index in [1.165, 1.54) is 71.6 Å². The molecular weight excluding hydrogens is 659 g/mol. The standard InChI is InChI=1S/C20H21.C17H15.C2H6Si.2ClH.Zr/c1-13(2)17-11-16-8-6-10-19(20(16)12-17)18-9-5-7-14(3)15(18)4;1-12-10-16-13(2)8-9-15(17(16)11-12)14-6-4-3-5-7-14;1-3-2;;;/h5-13H,1-4H3;3-11H,1-2H3;1-2H3;2*1H;/q2*-1;;;;+4/p-2. The second-order valence-electron chi connectivity index (χ2n) is 11.2. The third-order valence-corrected chi connectivity index (χ3v) is 7.67. The molecule has 43 heavy (non-hydrogen) atoms. The molecule has 0 amide bonds. The molecule has 0 aliphatic carbocycles. The van der Waals surface area contributed by atoms with Crippen LogP contribution in [0.1, 0.15) is 47.6 Å². The molecule has 0 heterocycles. The van der Waals surface area contributed by atoms with Gasteiger partial charge in [-0.1, -0.05) is 113 Å². The molecule has 0 aliphatic heterocycles. The Kier molecular flexibility index (Phi) is 14.2. The normalized spacial score (nSPS) is 10.3. The molecule has 0 unspecified atom stereocenters. The second kappa shape index (κ2) is 17.3. The van der Waals surface area contributed by atoms with Crippen LogP contribution < -0.4 is 0 Å². The average Bonchev–Trinajstić information content (AvgIpc) is 3.61. The van der Waals surface area contributed by atoms with Crippen LogP contribution in [-0.2, 0) is 20.8 Å². The van der Waals surface area contributed by atoms with Crippen LogP contribution in [0.5, 0.6) is 0 Å². The predicted molar refractivity (Wildman–Crippen MR) is 192 cm³/mol. The molecule has 0 fully saturated rings. The third-order valence-electron chi connectivity index (χ3n) is 7.67. The number of aryl methyl sites for hydroxylation is 3. The fourth-order valence-electron chi connectivity index (χ4n) is 5.33. The molecule has 6 aromatic rings. The Morgan fingerprint density at radius 2 is 1.28 bits per heavy atom. The van der Waals surface area contributed by atoms with Gasteiger partial charge in [-0.15, -0.1) is 68.6 Å². The topological polar surface area (TPSA) is 0 Å². The van der Waals surface area contributed by atoms with Gasteiger partial charge in [0, 0.05) is 9.52 Å². The molecule has 0 nitrogen and oxygen atoms in total. The van der Waals surface area contributed by atoms with Crippen LogP contribution in [0.3, 0.4) is 0 Å². The van der Waals surface area contributed by atoms with E-state index >= 15 is 0 Å². The van der Waals surface area contributed by atoms with Gasteiger partial charge in [0.2, 0.25) is 0 Å². The van der Waals surface area contributed by atoms with Crippen molar-refractivity contribution >= 4 is 48.1 Å². The summed E-state index contributed by atoms with van der Waals surface area (Å²) in [6.45, 7) is 17.6. The molecule has 0 bridgehead atoms. The van der Waals surface area contributed by atoms with E-state index in [4.69, 9.17) is 17.0 Å². The Labute approximate surface area is 280 Å². The van der Waals surface area contributed by atoms with Crippen molar-refractivity contribution < 1.29 is 20.8 Å². The summed E-state index contributed by atoms with van der Waals surface area (Å²) < 4.78 is 0. The van der Waals surface area contributed by atoms with Crippen LogP contribution in [0.15, 0.2) is 103 Å². The van der Waals surface area contributed by atoms with Gasteiger partial charge in [0.1, 0.15) is 0 Å². The number of hydrogen-bond acceptors (Lipinski definition) is 0. The van der Waals surface area contributed by atoms with E-state index in [0.29, 0.717) is 5.92 Å². The zero-order chi connectivity index (χ0) is 31.5. The summed E-state index contributed by atoms with van der Waals surface area (Å²) in [5.74, 6) is 0.578. The van der Waals surface area contributed by atoms with Crippen LogP contribution in [0, 0.1) is 27.7 Å². The number of fused-ring (bicyclic) bond motifs is 2. The Morgan fingerprint density at radius 1 is 0.651 bits per heavy atom. The number of benzene rings is 4. The molecule has 220 valence electrons. The first-order chi connectivity index (χ1) is 20.7. The summed E-state index contributed by atoms with van der Waals surface area (Å²) in [4.78, 5) is 0. The van der Waals surface area contributed by atoms with Crippen molar-refractivity contribution in [3.05, 3.63) is 131 Å². The molecule has 0 atom stereocenters. The second-order valence-corrected chi connectivity index (χ2v) is 16.0. The van der Waals surface area contributed by atoms with Crippen molar-refractivity contribution in [3.8, 4) is 22.3 Å². The van der Waals surface area contributed by atoms with E-state index in [9.17, 15) is 0 Å². The zero-order valence-corrected chi connectivity index (χ0v) is 31.6. The van der Waals surface area contributed by atoms with E-state index < -0.39 is 20.8 Å². The van der Waals surface area contributed by atoms with Gasteiger partial charge in [-0.25, -0.2) is 0 Å². The van der Waals surface area contributed by atoms with Crippen LogP contribution in [0.25, 0.3) is 43.8 Å². The molecule has 6 aromatic carbocycles. The van der Waals surface area contributed by atoms with Gasteiger partial charge in [0.15, 0.2) is 0 Å². The van der Waals surface area contributed by atoms with Crippen molar-refractivity contribution in [1.82, 2.24) is 0 Å². The molecule has 0 N–H and O–H groups in total. The quantitative estimate of drug-likeness (QED) is 0.127. The van der Waals surface area contributed by atoms with Crippen LogP contribution in [-0.4, -0.2) is 9.52 Å². The Hall–Kier alpha value is -2.22. The van der Waals surface area contributed by atoms with Gasteiger partial charge in [0.25, 0.3) is 0 Å². The molecule has 2 radical (unpaired) electrons. The molecule has 0 aliphatic rings. The van der Waals surface area contributed by atoms with E-state index in [1.807, 2.05) is 0 Å². The van der Waals surface area contributed by atoms with Gasteiger partial charge in [-0.3, -0.25) is 0 Å². The van der Waals surface area contributed by atoms with Crippen molar-refractivity contribution in [2.75, 3.05) is 0 Å². The van der Waals surface area contributed by atoms with E-state index in [2.05, 4.69) is 158 Å². The predicted octanol–water partition coefficient (Wildman–Crippen LogP) is 13.0. The average molecular weight is 701 g/mol. The first-order valence-electron chi connectivity index (χ1n) is 14.7. The zero-order valence-electron chi connectivity index (χ0n) is 26.6. The fourth-order valence-corrected chi connectivity index (χ4v) is 5.33. The van der Waals surface area contributed by atoms with Crippen molar-refractivity contribution in [3.63, 3.8) is 0 Å². The van der Waals surface area contributed by atoms with E-state index in [1.54, 1.807) is 0 Å².